The number of unbranched alkanes of at least 4 members (excludes halogenated alkanes) is 6. The number of aromatic nitrogens is 2. The number of hydrogen-bond acceptors (Lipinski definition) is 22. The number of ketones is 2. The molecule has 6 aromatic rings. The Morgan fingerprint density at radius 1 is 0.538 bits per heavy atom. The normalized spacial score (nSPS) is 12.8. The van der Waals surface area contributed by atoms with Gasteiger partial charge in [0.05, 0.1) is 37.3 Å². The van der Waals surface area contributed by atoms with Crippen LogP contribution in [-0.4, -0.2) is 130 Å². The summed E-state index contributed by atoms with van der Waals surface area (Å²) < 4.78 is 32.4. The van der Waals surface area contributed by atoms with Crippen molar-refractivity contribution >= 4 is 94.2 Å². The highest BCUT2D eigenvalue weighted by atomic mass is 35.5. The van der Waals surface area contributed by atoms with Crippen molar-refractivity contribution in [3.63, 3.8) is 0 Å². The first-order valence-corrected chi connectivity index (χ1v) is 40.0. The van der Waals surface area contributed by atoms with Gasteiger partial charge in [0.1, 0.15) is 23.1 Å². The van der Waals surface area contributed by atoms with Crippen LogP contribution in [0.25, 0.3) is 34.4 Å². The molecule has 2 aliphatic carbocycles. The van der Waals surface area contributed by atoms with Crippen LogP contribution in [0, 0.1) is 45.3 Å². The Kier molecular flexibility index (Phi) is 36.8. The molecule has 0 bridgehead atoms. The average Bonchev–Trinajstić information content (AvgIpc) is 1.76. The smallest absolute Gasteiger partial charge is 0.412 e. The molecule has 2 aromatic heterocycles. The van der Waals surface area contributed by atoms with Gasteiger partial charge in [0.25, 0.3) is 11.8 Å². The lowest BCUT2D eigenvalue weighted by atomic mass is 9.89. The second-order valence-corrected chi connectivity index (χ2v) is 31.9. The van der Waals surface area contributed by atoms with E-state index in [0.29, 0.717) is 76.0 Å². The first-order chi connectivity index (χ1) is 55.4. The van der Waals surface area contributed by atoms with Crippen molar-refractivity contribution in [3.8, 4) is 22.3 Å². The number of alkyl carbamates (subject to hydrolysis) is 1. The van der Waals surface area contributed by atoms with E-state index in [1.54, 1.807) is 142 Å². The number of nitrogens with two attached hydrogens (primary N) is 1. The fourth-order valence-electron chi connectivity index (χ4n) is 11.3. The minimum absolute atomic E-state index is 0.0344. The molecule has 3 amide bonds. The maximum Gasteiger partial charge on any atom is 0.412 e. The molecule has 628 valence electrons. The van der Waals surface area contributed by atoms with Crippen LogP contribution in [0.15, 0.2) is 110 Å². The Hall–Kier alpha value is -11.1. The van der Waals surface area contributed by atoms with Crippen molar-refractivity contribution in [3.05, 3.63) is 189 Å². The van der Waals surface area contributed by atoms with Gasteiger partial charge in [0.15, 0.2) is 23.0 Å². The van der Waals surface area contributed by atoms with Gasteiger partial charge < -0.3 is 55.0 Å². The molecule has 0 radical (unpaired) electrons. The van der Waals surface area contributed by atoms with E-state index in [1.807, 2.05) is 0 Å². The minimum Gasteiger partial charge on any atom is -0.454 e. The van der Waals surface area contributed by atoms with Gasteiger partial charge >= 0.3 is 35.4 Å². The molecular weight excluding hydrogens is 1520 g/mol. The van der Waals surface area contributed by atoms with E-state index < -0.39 is 89.1 Å². The second-order valence-electron chi connectivity index (χ2n) is 31.6. The van der Waals surface area contributed by atoms with Crippen LogP contribution < -0.4 is 21.7 Å². The predicted octanol–water partition coefficient (Wildman–Crippen LogP) is 16.2. The highest BCUT2D eigenvalue weighted by Crippen LogP contribution is 2.36. The molecule has 4 aromatic carbocycles. The molecule has 2 atom stereocenters. The maximum absolute atomic E-state index is 14.2. The lowest BCUT2D eigenvalue weighted by Crippen LogP contribution is -2.34. The maximum atomic E-state index is 14.2. The van der Waals surface area contributed by atoms with Crippen LogP contribution in [-0.2, 0) is 64.1 Å². The summed E-state index contributed by atoms with van der Waals surface area (Å²) in [4.78, 5) is 139. The van der Waals surface area contributed by atoms with Gasteiger partial charge in [-0.05, 0) is 185 Å². The number of halogens is 1. The van der Waals surface area contributed by atoms with Gasteiger partial charge in [-0.25, -0.2) is 29.1 Å². The number of rotatable bonds is 38. The third kappa shape index (κ3) is 29.9. The van der Waals surface area contributed by atoms with E-state index >= 15 is 0 Å². The summed E-state index contributed by atoms with van der Waals surface area (Å²) in [6.07, 6.45) is 11.9. The van der Waals surface area contributed by atoms with E-state index in [1.165, 1.54) is 49.3 Å². The number of aliphatic hydroxyl groups excluding tert-OH is 2. The quantitative estimate of drug-likeness (QED) is 0.00261. The fourth-order valence-corrected chi connectivity index (χ4v) is 11.4. The molecular formula is C90H113ClN8O18. The number of pyridine rings is 2. The van der Waals surface area contributed by atoms with Gasteiger partial charge in [0.2, 0.25) is 12.6 Å². The van der Waals surface area contributed by atoms with Crippen LogP contribution >= 0.6 is 11.6 Å². The number of benzene rings is 4. The lowest BCUT2D eigenvalue weighted by molar-refractivity contribution is -0.185. The number of carbonyl (C=O) groups is 10. The van der Waals surface area contributed by atoms with Crippen LogP contribution in [0.2, 0.25) is 0 Å². The Bertz CT molecular complexity index is 4550. The SMILES string of the molecule is C=Cc1cc(C(=O)Cc2ccc(C(=N)N)cc2)c(-c2ccc(C(=O)NCC3CC3)nc2C(=O)OC(OC(=O)C(C)(C)C)C(C)C)cc1CO.C=Cc1cc(C(=O)Cc2ccc(C(=N)NC(=O)OCCCCCC)cc2)c(-c2ccc(C(=O)NCC3CC3)nc2C(=O)OC(OC(=O)C(C)(C)C)C(C)C)cc1CO.CCCCCCOC(=O)Cl. The molecule has 8 rings (SSSR count). The number of amides is 3. The number of hydrogen-bond donors (Lipinski definition) is 8. The molecule has 0 aliphatic heterocycles. The van der Waals surface area contributed by atoms with Crippen molar-refractivity contribution < 1.29 is 86.6 Å². The number of amidine groups is 2. The summed E-state index contributed by atoms with van der Waals surface area (Å²) in [6, 6.07) is 25.5. The van der Waals surface area contributed by atoms with Crippen molar-refractivity contribution in [2.24, 2.45) is 40.2 Å². The summed E-state index contributed by atoms with van der Waals surface area (Å²) in [5, 5.41) is 44.6. The molecule has 0 spiro atoms. The topological polar surface area (TPSA) is 402 Å². The summed E-state index contributed by atoms with van der Waals surface area (Å²) in [5.41, 5.74) is 7.76. The summed E-state index contributed by atoms with van der Waals surface area (Å²) in [7, 11) is 0. The van der Waals surface area contributed by atoms with Gasteiger partial charge in [0, 0.05) is 82.7 Å². The highest BCUT2D eigenvalue weighted by molar-refractivity contribution is 6.61. The zero-order valence-corrected chi connectivity index (χ0v) is 69.9. The van der Waals surface area contributed by atoms with Crippen molar-refractivity contribution in [1.29, 1.82) is 10.8 Å². The first-order valence-electron chi connectivity index (χ1n) is 39.6. The van der Waals surface area contributed by atoms with Crippen LogP contribution in [0.3, 0.4) is 0 Å². The largest absolute Gasteiger partial charge is 0.454 e. The van der Waals surface area contributed by atoms with E-state index in [4.69, 9.17) is 51.8 Å². The zero-order valence-electron chi connectivity index (χ0n) is 69.2. The molecule has 2 saturated carbocycles. The molecule has 2 unspecified atom stereocenters. The van der Waals surface area contributed by atoms with Crippen LogP contribution in [0.1, 0.15) is 267 Å². The number of nitrogens with one attached hydrogen (secondary N) is 5. The third-order valence-electron chi connectivity index (χ3n) is 18.8. The van der Waals surface area contributed by atoms with Crippen molar-refractivity contribution in [2.75, 3.05) is 26.3 Å². The predicted molar refractivity (Wildman–Crippen MR) is 447 cm³/mol. The Labute approximate surface area is 690 Å². The number of Topliss-reactive ketones (excluding diaryl/α,β-unsaturated/α-hetero) is 2. The molecule has 26 nitrogen and oxygen atoms in total. The summed E-state index contributed by atoms with van der Waals surface area (Å²) in [5.74, 6) is -5.10. The molecule has 2 fully saturated rings. The number of carbonyl (C=O) groups excluding carboxylic acids is 10. The summed E-state index contributed by atoms with van der Waals surface area (Å²) >= 11 is 4.93. The molecule has 117 heavy (non-hydrogen) atoms. The Morgan fingerprint density at radius 3 is 1.26 bits per heavy atom. The number of aliphatic hydroxyl groups is 2. The van der Waals surface area contributed by atoms with Crippen LogP contribution in [0.4, 0.5) is 9.59 Å². The molecule has 27 heteroatoms. The fraction of sp³-hybridized carbons (Fsp3) is 0.444. The number of nitrogen functional groups attached to an aromatic ring is 1. The molecule has 9 N–H and O–H groups in total. The zero-order chi connectivity index (χ0) is 86.4. The lowest BCUT2D eigenvalue weighted by Gasteiger charge is -2.26. The molecule has 2 aliphatic rings. The number of esters is 4. The first kappa shape index (κ1) is 94.8. The second kappa shape index (κ2) is 45.4. The monoisotopic (exact) mass is 1630 g/mol. The van der Waals surface area contributed by atoms with E-state index in [9.17, 15) is 58.2 Å². The standard InChI is InChI=1S/C45H56N4O9.C38H44N4O7.C7H13ClO2/c1-8-10-11-12-21-56-44(55)49-39(46)31-17-15-28(16-18-31)22-37(51)35-23-30(9-2)32(26-50)24-34(35)33-19-20-36(40(52)47-25-29-13-14-29)48-38(33)41(53)57-42(27(3)4)58-43(54)45(5,6)7;1-7-24-17-29(31(44)16-22-10-12-25(13-11-22)33(39)40)28(18-26(24)20-43)27-14-15-30(34(45)41-19-23-8-9-23)42-32(27)35(46)48-36(21(2)3)49-37(47)38(4,5)6;1-2-3-4-5-6-10-7(8)9/h9,15-20,23-24,27,29,42,50H,2,8,10-14,21-22,25-26H2,1,3-7H3,(H,47,52)(H2,46,49,55);7,10-15,17-18,21,23,36,43H,1,8-9,16,19-20H2,2-6H3,(H3,39,40)(H,41,45);2-6H2,1H3. The minimum atomic E-state index is -1.29. The van der Waals surface area contributed by atoms with E-state index in [2.05, 4.69) is 57.7 Å². The Balaban J connectivity index is 0.000000328. The average molecular weight is 1630 g/mol. The van der Waals surface area contributed by atoms with E-state index in [0.717, 1.165) is 64.2 Å². The molecule has 2 heterocycles. The number of nitrogens with zero attached hydrogens (tertiary/aromatic N) is 2. The highest BCUT2D eigenvalue weighted by Gasteiger charge is 2.36. The van der Waals surface area contributed by atoms with Gasteiger partial charge in [-0.3, -0.25) is 44.9 Å². The molecule has 0 saturated heterocycles. The van der Waals surface area contributed by atoms with E-state index in [-0.39, 0.29) is 105 Å². The van der Waals surface area contributed by atoms with Gasteiger partial charge in [-0.15, -0.1) is 0 Å². The van der Waals surface area contributed by atoms with Gasteiger partial charge in [-0.2, -0.15) is 0 Å². The van der Waals surface area contributed by atoms with Gasteiger partial charge in [-0.1, -0.05) is 154 Å². The summed E-state index contributed by atoms with van der Waals surface area (Å²) in [6.45, 7) is 29.7. The van der Waals surface area contributed by atoms with Crippen LogP contribution in [0.5, 0.6) is 0 Å². The van der Waals surface area contributed by atoms with Crippen molar-refractivity contribution in [2.45, 2.75) is 199 Å². The Morgan fingerprint density at radius 2 is 0.923 bits per heavy atom. The van der Waals surface area contributed by atoms with Crippen molar-refractivity contribution in [1.82, 2.24) is 25.9 Å². The number of ether oxygens (including phenoxy) is 6. The third-order valence-corrected chi connectivity index (χ3v) is 18.9.